The van der Waals surface area contributed by atoms with Crippen molar-refractivity contribution >= 4 is 11.9 Å². The maximum Gasteiger partial charge on any atom is 0.223 e. The second kappa shape index (κ2) is 11.4. The van der Waals surface area contributed by atoms with E-state index in [4.69, 9.17) is 4.99 Å². The molecule has 0 bridgehead atoms. The molecular formula is C19H38N6O. The zero-order valence-electron chi connectivity index (χ0n) is 16.9. The number of rotatable bonds is 10. The lowest BCUT2D eigenvalue weighted by Crippen LogP contribution is -2.47. The van der Waals surface area contributed by atoms with Gasteiger partial charge in [0.15, 0.2) is 5.96 Å². The molecule has 2 aliphatic rings. The molecule has 0 aromatic carbocycles. The van der Waals surface area contributed by atoms with Crippen molar-refractivity contribution in [2.24, 2.45) is 16.8 Å². The molecule has 0 spiro atoms. The fourth-order valence-corrected chi connectivity index (χ4v) is 3.23. The Kier molecular flexibility index (Phi) is 9.18. The Balaban J connectivity index is 1.63. The molecule has 1 saturated heterocycles. The summed E-state index contributed by atoms with van der Waals surface area (Å²) in [6, 6.07) is 0. The van der Waals surface area contributed by atoms with E-state index in [0.29, 0.717) is 19.0 Å². The number of hydrogen-bond donors (Lipinski definition) is 3. The van der Waals surface area contributed by atoms with E-state index in [1.54, 1.807) is 0 Å². The minimum absolute atomic E-state index is 0.200. The Morgan fingerprint density at radius 3 is 2.31 bits per heavy atom. The molecule has 0 radical (unpaired) electrons. The number of nitrogens with one attached hydrogen (secondary N) is 3. The van der Waals surface area contributed by atoms with E-state index in [-0.39, 0.29) is 11.8 Å². The zero-order valence-corrected chi connectivity index (χ0v) is 16.9. The van der Waals surface area contributed by atoms with Gasteiger partial charge >= 0.3 is 0 Å². The first-order valence-corrected chi connectivity index (χ1v) is 10.4. The van der Waals surface area contributed by atoms with Gasteiger partial charge in [-0.15, -0.1) is 0 Å². The molecule has 2 fully saturated rings. The molecule has 1 aliphatic carbocycles. The molecular weight excluding hydrogens is 328 g/mol. The average Bonchev–Trinajstić information content (AvgIpc) is 3.49. The SMILES string of the molecule is CCNC(=NCC(C)CN1CCN(CC)CC1)NCCNC(=O)C1CC1. The first kappa shape index (κ1) is 21.0. The van der Waals surface area contributed by atoms with Crippen LogP contribution < -0.4 is 16.0 Å². The van der Waals surface area contributed by atoms with Crippen molar-refractivity contribution in [3.05, 3.63) is 0 Å². The molecule has 7 nitrogen and oxygen atoms in total. The maximum atomic E-state index is 11.6. The predicted octanol–water partition coefficient (Wildman–Crippen LogP) is 0.341. The van der Waals surface area contributed by atoms with Crippen LogP contribution in [0, 0.1) is 11.8 Å². The molecule has 0 aromatic rings. The van der Waals surface area contributed by atoms with Gasteiger partial charge in [0.25, 0.3) is 0 Å². The van der Waals surface area contributed by atoms with Gasteiger partial charge in [0, 0.05) is 64.8 Å². The topological polar surface area (TPSA) is 72.0 Å². The van der Waals surface area contributed by atoms with E-state index in [1.165, 1.54) is 26.2 Å². The Bertz CT molecular complexity index is 443. The predicted molar refractivity (Wildman–Crippen MR) is 107 cm³/mol. The third-order valence-corrected chi connectivity index (χ3v) is 5.05. The number of likely N-dealkylation sites (N-methyl/N-ethyl adjacent to an activating group) is 1. The number of nitrogens with zero attached hydrogens (tertiary/aromatic N) is 3. The van der Waals surface area contributed by atoms with Gasteiger partial charge in [-0.3, -0.25) is 9.79 Å². The third-order valence-electron chi connectivity index (χ3n) is 5.05. The molecule has 1 atom stereocenters. The number of hydrogen-bond acceptors (Lipinski definition) is 4. The molecule has 1 heterocycles. The second-order valence-electron chi connectivity index (χ2n) is 7.55. The number of carbonyl (C=O) groups excluding carboxylic acids is 1. The zero-order chi connectivity index (χ0) is 18.8. The molecule has 7 heteroatoms. The molecule has 1 saturated carbocycles. The van der Waals surface area contributed by atoms with E-state index in [2.05, 4.69) is 46.5 Å². The summed E-state index contributed by atoms with van der Waals surface area (Å²) in [6.07, 6.45) is 2.10. The van der Waals surface area contributed by atoms with Crippen molar-refractivity contribution in [2.75, 3.05) is 65.4 Å². The lowest BCUT2D eigenvalue weighted by Gasteiger charge is -2.35. The molecule has 1 unspecified atom stereocenters. The highest BCUT2D eigenvalue weighted by Crippen LogP contribution is 2.28. The summed E-state index contributed by atoms with van der Waals surface area (Å²) in [5.74, 6) is 1.85. The van der Waals surface area contributed by atoms with Crippen LogP contribution in [-0.2, 0) is 4.79 Å². The lowest BCUT2D eigenvalue weighted by atomic mass is 10.1. The van der Waals surface area contributed by atoms with Gasteiger partial charge < -0.3 is 25.8 Å². The van der Waals surface area contributed by atoms with E-state index >= 15 is 0 Å². The highest BCUT2D eigenvalue weighted by atomic mass is 16.2. The van der Waals surface area contributed by atoms with Crippen LogP contribution in [0.15, 0.2) is 4.99 Å². The number of carbonyl (C=O) groups is 1. The van der Waals surface area contributed by atoms with Gasteiger partial charge in [0.2, 0.25) is 5.91 Å². The molecule has 2 rings (SSSR count). The van der Waals surface area contributed by atoms with E-state index < -0.39 is 0 Å². The number of aliphatic imine (C=N–C) groups is 1. The van der Waals surface area contributed by atoms with Gasteiger partial charge in [-0.25, -0.2) is 0 Å². The third kappa shape index (κ3) is 7.91. The van der Waals surface area contributed by atoms with Crippen LogP contribution in [0.1, 0.15) is 33.6 Å². The van der Waals surface area contributed by atoms with Gasteiger partial charge in [0.1, 0.15) is 0 Å². The van der Waals surface area contributed by atoms with Crippen LogP contribution in [0.25, 0.3) is 0 Å². The Morgan fingerprint density at radius 2 is 1.69 bits per heavy atom. The standard InChI is InChI=1S/C19H38N6O/c1-4-20-19(22-9-8-21-18(26)17-6-7-17)23-14-16(3)15-25-12-10-24(5-2)11-13-25/h16-17H,4-15H2,1-3H3,(H,21,26)(H2,20,22,23). The van der Waals surface area contributed by atoms with E-state index in [0.717, 1.165) is 45.0 Å². The van der Waals surface area contributed by atoms with E-state index in [1.807, 2.05) is 0 Å². The van der Waals surface area contributed by atoms with Crippen LogP contribution >= 0.6 is 0 Å². The van der Waals surface area contributed by atoms with Crippen molar-refractivity contribution in [3.8, 4) is 0 Å². The average molecular weight is 367 g/mol. The Hall–Kier alpha value is -1.34. The highest BCUT2D eigenvalue weighted by molar-refractivity contribution is 5.81. The summed E-state index contributed by atoms with van der Waals surface area (Å²) in [7, 11) is 0. The van der Waals surface area contributed by atoms with Crippen LogP contribution in [0.2, 0.25) is 0 Å². The Morgan fingerprint density at radius 1 is 1.04 bits per heavy atom. The van der Waals surface area contributed by atoms with Crippen molar-refractivity contribution in [3.63, 3.8) is 0 Å². The summed E-state index contributed by atoms with van der Waals surface area (Å²) in [5, 5.41) is 9.57. The normalized spacial score (nSPS) is 20.7. The molecule has 1 amide bonds. The number of piperazine rings is 1. The minimum atomic E-state index is 0.200. The van der Waals surface area contributed by atoms with Crippen molar-refractivity contribution < 1.29 is 4.79 Å². The molecule has 0 aromatic heterocycles. The smallest absolute Gasteiger partial charge is 0.223 e. The van der Waals surface area contributed by atoms with E-state index in [9.17, 15) is 4.79 Å². The Labute approximate surface area is 159 Å². The van der Waals surface area contributed by atoms with Crippen molar-refractivity contribution in [2.45, 2.75) is 33.6 Å². The first-order valence-electron chi connectivity index (χ1n) is 10.4. The molecule has 3 N–H and O–H groups in total. The number of guanidine groups is 1. The first-order chi connectivity index (χ1) is 12.6. The quantitative estimate of drug-likeness (QED) is 0.295. The summed E-state index contributed by atoms with van der Waals surface area (Å²) in [4.78, 5) is 21.4. The van der Waals surface area contributed by atoms with Crippen LogP contribution in [0.3, 0.4) is 0 Å². The summed E-state index contributed by atoms with van der Waals surface area (Å²) in [6.45, 7) is 16.6. The highest BCUT2D eigenvalue weighted by Gasteiger charge is 2.28. The van der Waals surface area contributed by atoms with Crippen molar-refractivity contribution in [1.29, 1.82) is 0 Å². The van der Waals surface area contributed by atoms with Gasteiger partial charge in [-0.05, 0) is 32.2 Å². The summed E-state index contributed by atoms with van der Waals surface area (Å²) in [5.41, 5.74) is 0. The monoisotopic (exact) mass is 366 g/mol. The molecule has 150 valence electrons. The minimum Gasteiger partial charge on any atom is -0.357 e. The molecule has 26 heavy (non-hydrogen) atoms. The van der Waals surface area contributed by atoms with Gasteiger partial charge in [-0.1, -0.05) is 13.8 Å². The summed E-state index contributed by atoms with van der Waals surface area (Å²) < 4.78 is 0. The fraction of sp³-hybridized carbons (Fsp3) is 0.895. The summed E-state index contributed by atoms with van der Waals surface area (Å²) >= 11 is 0. The second-order valence-corrected chi connectivity index (χ2v) is 7.55. The van der Waals surface area contributed by atoms with Crippen molar-refractivity contribution in [1.82, 2.24) is 25.8 Å². The van der Waals surface area contributed by atoms with Crippen LogP contribution in [-0.4, -0.2) is 87.1 Å². The lowest BCUT2D eigenvalue weighted by molar-refractivity contribution is -0.122. The maximum absolute atomic E-state index is 11.6. The van der Waals surface area contributed by atoms with Crippen LogP contribution in [0.5, 0.6) is 0 Å². The van der Waals surface area contributed by atoms with Gasteiger partial charge in [0.05, 0.1) is 0 Å². The number of amides is 1. The largest absolute Gasteiger partial charge is 0.357 e. The fourth-order valence-electron chi connectivity index (χ4n) is 3.23. The van der Waals surface area contributed by atoms with Gasteiger partial charge in [-0.2, -0.15) is 0 Å². The molecule has 1 aliphatic heterocycles. The van der Waals surface area contributed by atoms with Crippen LogP contribution in [0.4, 0.5) is 0 Å².